The van der Waals surface area contributed by atoms with E-state index in [1.54, 1.807) is 11.0 Å². The number of nitrogens with one attached hydrogen (secondary N) is 1. The van der Waals surface area contributed by atoms with Crippen molar-refractivity contribution < 1.29 is 24.2 Å². The van der Waals surface area contributed by atoms with Gasteiger partial charge in [0, 0.05) is 30.7 Å². The second kappa shape index (κ2) is 12.6. The van der Waals surface area contributed by atoms with Crippen LogP contribution in [0.15, 0.2) is 83.3 Å². The van der Waals surface area contributed by atoms with Crippen LogP contribution in [0, 0.1) is 0 Å². The van der Waals surface area contributed by atoms with E-state index < -0.39 is 11.9 Å². The molecule has 4 rings (SSSR count). The molecule has 0 aromatic heterocycles. The average Bonchev–Trinajstić information content (AvgIpc) is 2.90. The maximum atomic E-state index is 12.7. The molecule has 0 unspecified atom stereocenters. The minimum absolute atomic E-state index is 0.0326. The first-order valence-electron chi connectivity index (χ1n) is 11.9. The number of hydrogen-bond acceptors (Lipinski definition) is 5. The summed E-state index contributed by atoms with van der Waals surface area (Å²) >= 11 is 3.26. The van der Waals surface area contributed by atoms with E-state index >= 15 is 0 Å². The lowest BCUT2D eigenvalue weighted by molar-refractivity contribution is -0.139. The summed E-state index contributed by atoms with van der Waals surface area (Å²) in [5.41, 5.74) is 2.54. The molecule has 1 fully saturated rings. The molecule has 1 saturated heterocycles. The van der Waals surface area contributed by atoms with Gasteiger partial charge in [-0.15, -0.1) is 0 Å². The van der Waals surface area contributed by atoms with Crippen molar-refractivity contribution in [2.45, 2.75) is 6.04 Å². The zero-order chi connectivity index (χ0) is 26.2. The van der Waals surface area contributed by atoms with E-state index in [4.69, 9.17) is 4.74 Å². The van der Waals surface area contributed by atoms with E-state index in [0.29, 0.717) is 30.7 Å². The Morgan fingerprint density at radius 2 is 1.46 bits per heavy atom. The van der Waals surface area contributed by atoms with Gasteiger partial charge in [-0.3, -0.25) is 14.5 Å². The highest BCUT2D eigenvalue weighted by Gasteiger charge is 2.28. The van der Waals surface area contributed by atoms with Crippen LogP contribution >= 0.6 is 15.9 Å². The van der Waals surface area contributed by atoms with Gasteiger partial charge in [0.15, 0.2) is 0 Å². The number of carboxylic acid groups (broad SMARTS) is 1. The topological polar surface area (TPSA) is 99.2 Å². The molecule has 0 radical (unpaired) electrons. The molecule has 0 spiro atoms. The summed E-state index contributed by atoms with van der Waals surface area (Å²) < 4.78 is 5.98. The first kappa shape index (κ1) is 26.5. The summed E-state index contributed by atoms with van der Waals surface area (Å²) in [6, 6.07) is 25.3. The largest absolute Gasteiger partial charge is 0.478 e. The number of ether oxygens (including phenoxy) is 1. The fourth-order valence-corrected chi connectivity index (χ4v) is 4.79. The number of anilines is 1. The van der Waals surface area contributed by atoms with Crippen molar-refractivity contribution in [2.24, 2.45) is 0 Å². The van der Waals surface area contributed by atoms with Crippen molar-refractivity contribution >= 4 is 39.4 Å². The first-order valence-corrected chi connectivity index (χ1v) is 12.7. The van der Waals surface area contributed by atoms with E-state index in [1.807, 2.05) is 36.4 Å². The highest BCUT2D eigenvalue weighted by Crippen LogP contribution is 2.29. The Kier molecular flexibility index (Phi) is 9.05. The highest BCUT2D eigenvalue weighted by atomic mass is 79.9. The van der Waals surface area contributed by atoms with Crippen LogP contribution in [0.5, 0.6) is 0 Å². The number of carboxylic acids is 1. The molecular formula is C28H28BrN3O5. The first-order chi connectivity index (χ1) is 17.9. The van der Waals surface area contributed by atoms with E-state index in [-0.39, 0.29) is 36.4 Å². The Balaban J connectivity index is 1.28. The highest BCUT2D eigenvalue weighted by molar-refractivity contribution is 9.10. The normalized spacial score (nSPS) is 13.9. The number of carbonyl (C=O) groups excluding carboxylic acids is 2. The van der Waals surface area contributed by atoms with Crippen molar-refractivity contribution in [3.8, 4) is 0 Å². The molecule has 2 amide bonds. The van der Waals surface area contributed by atoms with E-state index in [2.05, 4.69) is 50.4 Å². The third-order valence-electron chi connectivity index (χ3n) is 6.21. The van der Waals surface area contributed by atoms with Crippen molar-refractivity contribution in [1.29, 1.82) is 0 Å². The number of piperazine rings is 1. The molecule has 2 N–H and O–H groups in total. The quantitative estimate of drug-likeness (QED) is 0.406. The van der Waals surface area contributed by atoms with Gasteiger partial charge in [-0.05, 0) is 29.3 Å². The number of nitrogens with zero attached hydrogens (tertiary/aromatic N) is 2. The van der Waals surface area contributed by atoms with Gasteiger partial charge in [0.2, 0.25) is 11.8 Å². The number of halogens is 1. The number of carbonyl (C=O) groups is 3. The Morgan fingerprint density at radius 1 is 0.865 bits per heavy atom. The molecule has 3 aromatic rings. The number of rotatable bonds is 9. The van der Waals surface area contributed by atoms with Gasteiger partial charge in [0.1, 0.15) is 13.2 Å². The maximum Gasteiger partial charge on any atom is 0.337 e. The molecule has 1 aliphatic rings. The summed E-state index contributed by atoms with van der Waals surface area (Å²) in [6.07, 6.45) is 0. The molecular weight excluding hydrogens is 538 g/mol. The minimum atomic E-state index is -1.15. The van der Waals surface area contributed by atoms with Crippen LogP contribution in [0.4, 0.5) is 5.69 Å². The molecule has 8 nitrogen and oxygen atoms in total. The lowest BCUT2D eigenvalue weighted by atomic mass is 9.96. The monoisotopic (exact) mass is 565 g/mol. The summed E-state index contributed by atoms with van der Waals surface area (Å²) in [6.45, 7) is 1.96. The number of hydrogen-bond donors (Lipinski definition) is 2. The zero-order valence-corrected chi connectivity index (χ0v) is 21.8. The minimum Gasteiger partial charge on any atom is -0.478 e. The van der Waals surface area contributed by atoms with Crippen LogP contribution < -0.4 is 5.32 Å². The number of aromatic carboxylic acids is 1. The maximum absolute atomic E-state index is 12.7. The summed E-state index contributed by atoms with van der Waals surface area (Å²) in [5, 5.41) is 11.8. The van der Waals surface area contributed by atoms with E-state index in [1.165, 1.54) is 23.3 Å². The van der Waals surface area contributed by atoms with Crippen LogP contribution in [0.3, 0.4) is 0 Å². The molecule has 0 atom stereocenters. The Hall–Kier alpha value is -3.53. The smallest absolute Gasteiger partial charge is 0.337 e. The van der Waals surface area contributed by atoms with Crippen LogP contribution in [0.1, 0.15) is 27.5 Å². The van der Waals surface area contributed by atoms with Crippen molar-refractivity contribution in [3.05, 3.63) is 100 Å². The van der Waals surface area contributed by atoms with Crippen molar-refractivity contribution in [2.75, 3.05) is 44.7 Å². The SMILES string of the molecule is O=C(COCC(=O)N1CCN(C(c2ccccc2)c2ccccc2)CC1)Nc1cc(Br)ccc1C(=O)O. The van der Waals surface area contributed by atoms with Gasteiger partial charge >= 0.3 is 5.97 Å². The van der Waals surface area contributed by atoms with E-state index in [9.17, 15) is 19.5 Å². The Labute approximate surface area is 224 Å². The molecule has 1 aliphatic heterocycles. The molecule has 192 valence electrons. The third kappa shape index (κ3) is 7.03. The molecule has 37 heavy (non-hydrogen) atoms. The lowest BCUT2D eigenvalue weighted by Crippen LogP contribution is -2.50. The molecule has 1 heterocycles. The molecule has 0 saturated carbocycles. The van der Waals surface area contributed by atoms with Gasteiger partial charge in [-0.2, -0.15) is 0 Å². The Bertz CT molecular complexity index is 1190. The van der Waals surface area contributed by atoms with Gasteiger partial charge < -0.3 is 20.1 Å². The van der Waals surface area contributed by atoms with Crippen LogP contribution in [-0.2, 0) is 14.3 Å². The fraction of sp³-hybridized carbons (Fsp3) is 0.250. The molecule has 0 aliphatic carbocycles. The van der Waals surface area contributed by atoms with Crippen LogP contribution in [-0.4, -0.2) is 72.1 Å². The lowest BCUT2D eigenvalue weighted by Gasteiger charge is -2.39. The van der Waals surface area contributed by atoms with Crippen LogP contribution in [0.2, 0.25) is 0 Å². The summed E-state index contributed by atoms with van der Waals surface area (Å²) in [4.78, 5) is 40.5. The van der Waals surface area contributed by atoms with E-state index in [0.717, 1.165) is 0 Å². The predicted molar refractivity (Wildman–Crippen MR) is 143 cm³/mol. The Morgan fingerprint density at radius 3 is 2.03 bits per heavy atom. The van der Waals surface area contributed by atoms with Crippen LogP contribution in [0.25, 0.3) is 0 Å². The number of amides is 2. The predicted octanol–water partition coefficient (Wildman–Crippen LogP) is 4.04. The van der Waals surface area contributed by atoms with Gasteiger partial charge in [0.25, 0.3) is 0 Å². The van der Waals surface area contributed by atoms with Crippen molar-refractivity contribution in [1.82, 2.24) is 9.80 Å². The second-order valence-corrected chi connectivity index (χ2v) is 9.59. The zero-order valence-electron chi connectivity index (χ0n) is 20.2. The standard InChI is InChI=1S/C28H28BrN3O5/c29-22-11-12-23(28(35)36)24(17-22)30-25(33)18-37-19-26(34)31-13-15-32(16-14-31)27(20-7-3-1-4-8-20)21-9-5-2-6-10-21/h1-12,17,27H,13-16,18-19H2,(H,30,33)(H,35,36). The van der Waals surface area contributed by atoms with Gasteiger partial charge in [-0.1, -0.05) is 76.6 Å². The average molecular weight is 566 g/mol. The summed E-state index contributed by atoms with van der Waals surface area (Å²) in [7, 11) is 0. The summed E-state index contributed by atoms with van der Waals surface area (Å²) in [5.74, 6) is -1.87. The molecule has 3 aromatic carbocycles. The molecule has 9 heteroatoms. The second-order valence-electron chi connectivity index (χ2n) is 8.68. The fourth-order valence-electron chi connectivity index (χ4n) is 4.43. The van der Waals surface area contributed by atoms with Gasteiger partial charge in [0.05, 0.1) is 17.3 Å². The third-order valence-corrected chi connectivity index (χ3v) is 6.70. The van der Waals surface area contributed by atoms with Crippen molar-refractivity contribution in [3.63, 3.8) is 0 Å². The number of benzene rings is 3. The van der Waals surface area contributed by atoms with Gasteiger partial charge in [-0.25, -0.2) is 4.79 Å². The molecule has 0 bridgehead atoms.